The Morgan fingerprint density at radius 1 is 1.21 bits per heavy atom. The van der Waals surface area contributed by atoms with E-state index >= 15 is 0 Å². The van der Waals surface area contributed by atoms with E-state index in [1.54, 1.807) is 0 Å². The number of hydrogen-bond acceptors (Lipinski definition) is 7. The first-order valence-electron chi connectivity index (χ1n) is 5.53. The fourth-order valence-corrected chi connectivity index (χ4v) is 1.57. The van der Waals surface area contributed by atoms with Crippen molar-refractivity contribution in [2.45, 2.75) is 12.8 Å². The van der Waals surface area contributed by atoms with Gasteiger partial charge in [-0.05, 0) is 6.42 Å². The van der Waals surface area contributed by atoms with Gasteiger partial charge in [0.1, 0.15) is 29.3 Å². The van der Waals surface area contributed by atoms with E-state index in [-0.39, 0.29) is 41.4 Å². The quantitative estimate of drug-likeness (QED) is 0.641. The summed E-state index contributed by atoms with van der Waals surface area (Å²) in [6.45, 7) is 0.418. The summed E-state index contributed by atoms with van der Waals surface area (Å²) >= 11 is 0. The van der Waals surface area contributed by atoms with Gasteiger partial charge in [-0.25, -0.2) is 4.98 Å². The number of nitriles is 3. The average Bonchev–Trinajstić information content (AvgIpc) is 2.40. The molecular formula is C12H12N6O. The molecule has 1 heterocycles. The SMILES string of the molecule is N#CCc1c(C#N)c(N)nc(NCCCO)c1C#N. The van der Waals surface area contributed by atoms with Crippen molar-refractivity contribution < 1.29 is 5.11 Å². The van der Waals surface area contributed by atoms with E-state index in [9.17, 15) is 0 Å². The minimum atomic E-state index is -0.0901. The normalized spacial score (nSPS) is 9.16. The van der Waals surface area contributed by atoms with E-state index in [0.29, 0.717) is 13.0 Å². The number of pyridine rings is 1. The van der Waals surface area contributed by atoms with E-state index in [1.807, 2.05) is 18.2 Å². The molecule has 7 heteroatoms. The Bertz CT molecular complexity index is 590. The van der Waals surface area contributed by atoms with Crippen molar-refractivity contribution in [2.75, 3.05) is 24.2 Å². The zero-order valence-corrected chi connectivity index (χ0v) is 10.1. The number of hydrogen-bond donors (Lipinski definition) is 3. The van der Waals surface area contributed by atoms with Gasteiger partial charge in [-0.1, -0.05) is 0 Å². The molecule has 0 aromatic carbocycles. The predicted octanol–water partition coefficient (Wildman–Crippen LogP) is 0.268. The van der Waals surface area contributed by atoms with Crippen molar-refractivity contribution in [2.24, 2.45) is 0 Å². The minimum absolute atomic E-state index is 0.00566. The van der Waals surface area contributed by atoms with E-state index in [1.165, 1.54) is 0 Å². The summed E-state index contributed by atoms with van der Waals surface area (Å²) in [5.41, 5.74) is 6.14. The molecule has 0 aliphatic heterocycles. The van der Waals surface area contributed by atoms with Gasteiger partial charge >= 0.3 is 0 Å². The number of nitrogens with two attached hydrogens (primary N) is 1. The minimum Gasteiger partial charge on any atom is -0.396 e. The zero-order chi connectivity index (χ0) is 14.3. The zero-order valence-electron chi connectivity index (χ0n) is 10.1. The van der Waals surface area contributed by atoms with Crippen LogP contribution in [0.5, 0.6) is 0 Å². The molecule has 0 radical (unpaired) electrons. The molecule has 1 aromatic heterocycles. The van der Waals surface area contributed by atoms with Gasteiger partial charge in [-0.2, -0.15) is 15.8 Å². The van der Waals surface area contributed by atoms with Crippen LogP contribution in [0.1, 0.15) is 23.1 Å². The molecule has 1 rings (SSSR count). The summed E-state index contributed by atoms with van der Waals surface area (Å²) in [7, 11) is 0. The van der Waals surface area contributed by atoms with Gasteiger partial charge in [0.25, 0.3) is 0 Å². The topological polar surface area (TPSA) is 143 Å². The molecule has 0 fully saturated rings. The van der Waals surface area contributed by atoms with Crippen molar-refractivity contribution in [1.82, 2.24) is 4.98 Å². The molecule has 0 amide bonds. The van der Waals surface area contributed by atoms with Gasteiger partial charge in [0.2, 0.25) is 0 Å². The van der Waals surface area contributed by atoms with Gasteiger partial charge in [0.15, 0.2) is 0 Å². The van der Waals surface area contributed by atoms with E-state index in [0.717, 1.165) is 0 Å². The van der Waals surface area contributed by atoms with Gasteiger partial charge in [0.05, 0.1) is 18.1 Å². The molecule has 19 heavy (non-hydrogen) atoms. The first-order chi connectivity index (χ1) is 9.19. The number of aliphatic hydroxyl groups excluding tert-OH is 1. The van der Waals surface area contributed by atoms with Crippen molar-refractivity contribution in [3.63, 3.8) is 0 Å². The van der Waals surface area contributed by atoms with E-state index < -0.39 is 0 Å². The number of nitrogen functional groups attached to an aromatic ring is 1. The van der Waals surface area contributed by atoms with Crippen molar-refractivity contribution in [3.8, 4) is 18.2 Å². The van der Waals surface area contributed by atoms with Crippen LogP contribution in [0.3, 0.4) is 0 Å². The lowest BCUT2D eigenvalue weighted by atomic mass is 10.0. The molecular weight excluding hydrogens is 244 g/mol. The maximum atomic E-state index is 9.15. The monoisotopic (exact) mass is 256 g/mol. The van der Waals surface area contributed by atoms with Gasteiger partial charge in [-0.15, -0.1) is 0 Å². The van der Waals surface area contributed by atoms with Crippen LogP contribution in [0, 0.1) is 34.0 Å². The van der Waals surface area contributed by atoms with E-state index in [4.69, 9.17) is 26.6 Å². The number of aromatic nitrogens is 1. The molecule has 0 atom stereocenters. The highest BCUT2D eigenvalue weighted by Gasteiger charge is 2.17. The summed E-state index contributed by atoms with van der Waals surface area (Å²) in [5.74, 6) is 0.218. The molecule has 0 bridgehead atoms. The highest BCUT2D eigenvalue weighted by atomic mass is 16.3. The van der Waals surface area contributed by atoms with E-state index in [2.05, 4.69) is 10.3 Å². The molecule has 7 nitrogen and oxygen atoms in total. The fourth-order valence-electron chi connectivity index (χ4n) is 1.57. The Morgan fingerprint density at radius 3 is 2.42 bits per heavy atom. The maximum absolute atomic E-state index is 9.15. The maximum Gasteiger partial charge on any atom is 0.146 e. The summed E-state index contributed by atoms with van der Waals surface area (Å²) in [6, 6.07) is 5.69. The third-order valence-electron chi connectivity index (χ3n) is 2.44. The second-order valence-corrected chi connectivity index (χ2v) is 3.64. The third-order valence-corrected chi connectivity index (χ3v) is 2.44. The van der Waals surface area contributed by atoms with Crippen molar-refractivity contribution >= 4 is 11.6 Å². The molecule has 96 valence electrons. The fraction of sp³-hybridized carbons (Fsp3) is 0.333. The van der Waals surface area contributed by atoms with Gasteiger partial charge in [-0.3, -0.25) is 0 Å². The number of nitrogens with zero attached hydrogens (tertiary/aromatic N) is 4. The predicted molar refractivity (Wildman–Crippen MR) is 67.6 cm³/mol. The molecule has 1 aromatic rings. The second kappa shape index (κ2) is 6.80. The van der Waals surface area contributed by atoms with Crippen LogP contribution >= 0.6 is 0 Å². The Labute approximate surface area is 110 Å². The highest BCUT2D eigenvalue weighted by Crippen LogP contribution is 2.25. The Morgan fingerprint density at radius 2 is 1.89 bits per heavy atom. The summed E-state index contributed by atoms with van der Waals surface area (Å²) < 4.78 is 0. The van der Waals surface area contributed by atoms with Crippen LogP contribution in [0.15, 0.2) is 0 Å². The lowest BCUT2D eigenvalue weighted by molar-refractivity contribution is 0.292. The molecule has 0 spiro atoms. The van der Waals surface area contributed by atoms with Crippen LogP contribution in [-0.4, -0.2) is 23.2 Å². The first kappa shape index (κ1) is 14.2. The summed E-state index contributed by atoms with van der Waals surface area (Å²) in [5, 5.41) is 38.5. The summed E-state index contributed by atoms with van der Waals surface area (Å²) in [6.07, 6.45) is 0.396. The Hall–Kier alpha value is -2.82. The van der Waals surface area contributed by atoms with Crippen molar-refractivity contribution in [1.29, 1.82) is 15.8 Å². The standard InChI is InChI=1S/C12H12N6O/c13-3-2-8-9(6-14)11(16)18-12(10(8)7-15)17-4-1-5-19/h19H,1-2,4-5H2,(H3,16,17,18). The molecule has 4 N–H and O–H groups in total. The van der Waals surface area contributed by atoms with Gasteiger partial charge in [0, 0.05) is 18.7 Å². The van der Waals surface area contributed by atoms with Crippen LogP contribution in [-0.2, 0) is 6.42 Å². The molecule has 0 saturated heterocycles. The molecule has 0 unspecified atom stereocenters. The van der Waals surface area contributed by atoms with Crippen LogP contribution in [0.4, 0.5) is 11.6 Å². The lowest BCUT2D eigenvalue weighted by Crippen LogP contribution is -2.12. The molecule has 0 aliphatic rings. The van der Waals surface area contributed by atoms with Crippen LogP contribution in [0.2, 0.25) is 0 Å². The third kappa shape index (κ3) is 3.10. The smallest absolute Gasteiger partial charge is 0.146 e. The van der Waals surface area contributed by atoms with Gasteiger partial charge < -0.3 is 16.2 Å². The second-order valence-electron chi connectivity index (χ2n) is 3.64. The molecule has 0 aliphatic carbocycles. The number of rotatable bonds is 5. The van der Waals surface area contributed by atoms with Crippen LogP contribution in [0.25, 0.3) is 0 Å². The summed E-state index contributed by atoms with van der Waals surface area (Å²) in [4.78, 5) is 3.96. The van der Waals surface area contributed by atoms with Crippen LogP contribution < -0.4 is 11.1 Å². The Balaban J connectivity index is 3.31. The largest absolute Gasteiger partial charge is 0.396 e. The lowest BCUT2D eigenvalue weighted by Gasteiger charge is -2.12. The highest BCUT2D eigenvalue weighted by molar-refractivity contribution is 5.68. The number of nitrogens with one attached hydrogen (secondary N) is 1. The van der Waals surface area contributed by atoms with Crippen molar-refractivity contribution in [3.05, 3.63) is 16.7 Å². The molecule has 0 saturated carbocycles. The average molecular weight is 256 g/mol. The number of aliphatic hydroxyl groups is 1. The Kier molecular flexibility index (Phi) is 5.10. The number of anilines is 2. The first-order valence-corrected chi connectivity index (χ1v) is 5.53.